The number of aliphatic carboxylic acids is 3. The zero-order valence-corrected chi connectivity index (χ0v) is 23.2. The quantitative estimate of drug-likeness (QED) is 0.236. The Morgan fingerprint density at radius 2 is 1.72 bits per heavy atom. The summed E-state index contributed by atoms with van der Waals surface area (Å²) in [6.07, 6.45) is 10.5. The molecule has 0 unspecified atom stereocenters. The smallest absolute Gasteiger partial charge is 0.330 e. The second kappa shape index (κ2) is 9.64. The Morgan fingerprint density at radius 1 is 1.08 bits per heavy atom. The average molecular weight is 503 g/mol. The largest absolute Gasteiger partial charge is 0.481 e. The molecule has 0 bridgehead atoms. The van der Waals surface area contributed by atoms with Crippen molar-refractivity contribution in [3.8, 4) is 0 Å². The maximum atomic E-state index is 12.2. The Balaban J connectivity index is 1.95. The van der Waals surface area contributed by atoms with Gasteiger partial charge in [0, 0.05) is 11.0 Å². The lowest BCUT2D eigenvalue weighted by Crippen LogP contribution is -2.55. The number of rotatable bonds is 9. The zero-order chi connectivity index (χ0) is 27.3. The topological polar surface area (TPSA) is 112 Å². The molecule has 0 saturated heterocycles. The van der Waals surface area contributed by atoms with Crippen LogP contribution in [0.2, 0.25) is 0 Å². The third-order valence-electron chi connectivity index (χ3n) is 11.2. The van der Waals surface area contributed by atoms with E-state index in [-0.39, 0.29) is 29.1 Å². The summed E-state index contributed by atoms with van der Waals surface area (Å²) in [5.41, 5.74) is -0.0141. The Labute approximate surface area is 216 Å². The van der Waals surface area contributed by atoms with Gasteiger partial charge in [-0.15, -0.1) is 0 Å². The first-order valence-corrected chi connectivity index (χ1v) is 13.6. The fourth-order valence-corrected chi connectivity index (χ4v) is 8.81. The van der Waals surface area contributed by atoms with Crippen LogP contribution in [0.5, 0.6) is 0 Å². The summed E-state index contributed by atoms with van der Waals surface area (Å²) in [5, 5.41) is 29.1. The summed E-state index contributed by atoms with van der Waals surface area (Å²) in [6.45, 7) is 14.3. The van der Waals surface area contributed by atoms with Crippen molar-refractivity contribution < 1.29 is 29.7 Å². The highest BCUT2D eigenvalue weighted by Crippen LogP contribution is 2.72. The zero-order valence-electron chi connectivity index (χ0n) is 23.2. The van der Waals surface area contributed by atoms with Crippen molar-refractivity contribution in [1.29, 1.82) is 0 Å². The van der Waals surface area contributed by atoms with E-state index in [1.54, 1.807) is 20.8 Å². The van der Waals surface area contributed by atoms with Crippen LogP contribution in [-0.2, 0) is 14.4 Å². The summed E-state index contributed by atoms with van der Waals surface area (Å²) in [6, 6.07) is 0. The van der Waals surface area contributed by atoms with Crippen LogP contribution >= 0.6 is 0 Å². The minimum Gasteiger partial charge on any atom is -0.481 e. The maximum absolute atomic E-state index is 12.2. The molecule has 0 aromatic carbocycles. The molecule has 202 valence electrons. The fraction of sp³-hybridized carbons (Fsp3) is 0.767. The molecule has 0 radical (unpaired) electrons. The van der Waals surface area contributed by atoms with Gasteiger partial charge >= 0.3 is 17.9 Å². The van der Waals surface area contributed by atoms with Gasteiger partial charge in [-0.05, 0) is 100 Å². The summed E-state index contributed by atoms with van der Waals surface area (Å²) < 4.78 is 0. The Bertz CT molecular complexity index is 976. The van der Waals surface area contributed by atoms with Crippen LogP contribution in [0, 0.1) is 45.3 Å². The molecule has 0 aliphatic heterocycles. The monoisotopic (exact) mass is 502 g/mol. The number of allylic oxidation sites excluding steroid dienone is 3. The summed E-state index contributed by atoms with van der Waals surface area (Å²) in [7, 11) is 0. The van der Waals surface area contributed by atoms with E-state index >= 15 is 0 Å². The van der Waals surface area contributed by atoms with Crippen molar-refractivity contribution in [1.82, 2.24) is 0 Å². The van der Waals surface area contributed by atoms with Gasteiger partial charge in [0.05, 0.1) is 11.8 Å². The van der Waals surface area contributed by atoms with Gasteiger partial charge < -0.3 is 15.3 Å². The molecule has 3 aliphatic rings. The predicted octanol–water partition coefficient (Wildman–Crippen LogP) is 6.80. The van der Waals surface area contributed by atoms with Gasteiger partial charge in [-0.2, -0.15) is 0 Å². The van der Waals surface area contributed by atoms with E-state index in [1.807, 2.05) is 13.0 Å². The number of hydrogen-bond donors (Lipinski definition) is 3. The molecule has 3 aliphatic carbocycles. The van der Waals surface area contributed by atoms with Gasteiger partial charge in [-0.25, -0.2) is 4.79 Å². The van der Waals surface area contributed by atoms with Crippen molar-refractivity contribution in [2.24, 2.45) is 45.3 Å². The molecule has 3 rings (SSSR count). The SMILES string of the molecule is C/C(=C/CC[C@@H](C)[C@H]1CC[C@@]2(C)[C@@H]3CC[C@@H](C(C)(C)C(=O)O)[C@](C)(CC(=O)O)C3=CC[C@]12C)C(=O)O. The van der Waals surface area contributed by atoms with E-state index in [2.05, 4.69) is 26.8 Å². The Morgan fingerprint density at radius 3 is 2.28 bits per heavy atom. The first-order chi connectivity index (χ1) is 16.5. The first-order valence-electron chi connectivity index (χ1n) is 13.6. The van der Waals surface area contributed by atoms with E-state index in [0.717, 1.165) is 44.9 Å². The average Bonchev–Trinajstić information content (AvgIpc) is 3.04. The van der Waals surface area contributed by atoms with Gasteiger partial charge in [-0.3, -0.25) is 9.59 Å². The molecule has 0 amide bonds. The number of carboxylic acids is 3. The van der Waals surface area contributed by atoms with E-state index in [4.69, 9.17) is 5.11 Å². The minimum atomic E-state index is -1.01. The Kier molecular flexibility index (Phi) is 7.62. The highest BCUT2D eigenvalue weighted by Gasteiger charge is 2.64. The lowest BCUT2D eigenvalue weighted by Gasteiger charge is -2.61. The van der Waals surface area contributed by atoms with Gasteiger partial charge in [0.2, 0.25) is 0 Å². The van der Waals surface area contributed by atoms with E-state index < -0.39 is 28.7 Å². The van der Waals surface area contributed by atoms with Crippen LogP contribution < -0.4 is 0 Å². The second-order valence-electron chi connectivity index (χ2n) is 13.3. The van der Waals surface area contributed by atoms with Gasteiger partial charge in [0.15, 0.2) is 0 Å². The van der Waals surface area contributed by atoms with Crippen LogP contribution in [0.15, 0.2) is 23.3 Å². The standard InChI is InChI=1S/C30H46O6/c1-18(9-8-10-19(2)25(33)34)20-13-15-30(7)22-11-12-23(27(3,4)26(35)36)28(5,17-24(31)32)21(22)14-16-29(20,30)6/h10,14,18,20,22-23H,8-9,11-13,15-17H2,1-7H3,(H,31,32)(H,33,34)(H,35,36)/b19-10-/t18-,20-,22-,23+,28-,29-,30+/m1/s1. The molecule has 3 N–H and O–H groups in total. The third kappa shape index (κ3) is 4.43. The van der Waals surface area contributed by atoms with Crippen molar-refractivity contribution in [2.75, 3.05) is 0 Å². The number of carbonyl (C=O) groups is 3. The number of hydrogen-bond acceptors (Lipinski definition) is 3. The molecule has 0 heterocycles. The molecule has 6 heteroatoms. The van der Waals surface area contributed by atoms with E-state index in [9.17, 15) is 24.6 Å². The summed E-state index contributed by atoms with van der Waals surface area (Å²) >= 11 is 0. The second-order valence-corrected chi connectivity index (χ2v) is 13.3. The molecule has 0 spiro atoms. The minimum absolute atomic E-state index is 0.0287. The van der Waals surface area contributed by atoms with Crippen LogP contribution in [0.4, 0.5) is 0 Å². The predicted molar refractivity (Wildman–Crippen MR) is 139 cm³/mol. The number of carboxylic acid groups (broad SMARTS) is 3. The van der Waals surface area contributed by atoms with Crippen LogP contribution in [-0.4, -0.2) is 33.2 Å². The molecule has 0 aromatic heterocycles. The van der Waals surface area contributed by atoms with Crippen molar-refractivity contribution >= 4 is 17.9 Å². The normalized spacial score (nSPS) is 37.5. The van der Waals surface area contributed by atoms with E-state index in [0.29, 0.717) is 17.4 Å². The molecule has 36 heavy (non-hydrogen) atoms. The van der Waals surface area contributed by atoms with Crippen LogP contribution in [0.3, 0.4) is 0 Å². The summed E-state index contributed by atoms with van der Waals surface area (Å²) in [5.74, 6) is -1.61. The van der Waals surface area contributed by atoms with Gasteiger partial charge in [0.25, 0.3) is 0 Å². The lowest BCUT2D eigenvalue weighted by atomic mass is 9.43. The van der Waals surface area contributed by atoms with Crippen LogP contribution in [0.1, 0.15) is 99.8 Å². The molecule has 6 nitrogen and oxygen atoms in total. The fourth-order valence-electron chi connectivity index (χ4n) is 8.81. The Hall–Kier alpha value is -2.11. The number of fused-ring (bicyclic) bond motifs is 3. The summed E-state index contributed by atoms with van der Waals surface area (Å²) in [4.78, 5) is 35.5. The first kappa shape index (κ1) is 28.5. The molecular weight excluding hydrogens is 456 g/mol. The van der Waals surface area contributed by atoms with Gasteiger partial charge in [-0.1, -0.05) is 45.4 Å². The third-order valence-corrected chi connectivity index (χ3v) is 11.2. The van der Waals surface area contributed by atoms with Crippen molar-refractivity contribution in [3.05, 3.63) is 23.3 Å². The maximum Gasteiger partial charge on any atom is 0.330 e. The molecule has 2 fully saturated rings. The van der Waals surface area contributed by atoms with Crippen molar-refractivity contribution in [2.45, 2.75) is 99.8 Å². The molecule has 7 atom stereocenters. The van der Waals surface area contributed by atoms with Crippen LogP contribution in [0.25, 0.3) is 0 Å². The lowest BCUT2D eigenvalue weighted by molar-refractivity contribution is -0.158. The van der Waals surface area contributed by atoms with E-state index in [1.165, 1.54) is 5.57 Å². The van der Waals surface area contributed by atoms with Gasteiger partial charge in [0.1, 0.15) is 0 Å². The molecule has 2 saturated carbocycles. The molecule has 0 aromatic rings. The highest BCUT2D eigenvalue weighted by molar-refractivity contribution is 5.85. The highest BCUT2D eigenvalue weighted by atomic mass is 16.4. The van der Waals surface area contributed by atoms with Crippen molar-refractivity contribution in [3.63, 3.8) is 0 Å². The molecular formula is C30H46O6.